The molecule has 2 amide bonds. The molecule has 2 aromatic rings. The lowest BCUT2D eigenvalue weighted by molar-refractivity contribution is -0.137. The second kappa shape index (κ2) is 9.25. The van der Waals surface area contributed by atoms with Gasteiger partial charge >= 0.3 is 6.18 Å². The number of rotatable bonds is 7. The largest absolute Gasteiger partial charge is 0.496 e. The summed E-state index contributed by atoms with van der Waals surface area (Å²) in [5.41, 5.74) is 0.130. The van der Waals surface area contributed by atoms with Crippen molar-refractivity contribution >= 4 is 11.8 Å². The van der Waals surface area contributed by atoms with Crippen molar-refractivity contribution < 1.29 is 27.5 Å². The van der Waals surface area contributed by atoms with Gasteiger partial charge in [0, 0.05) is 37.7 Å². The van der Waals surface area contributed by atoms with Gasteiger partial charge in [0.1, 0.15) is 5.75 Å². The minimum absolute atomic E-state index is 0.118. The molecule has 0 radical (unpaired) electrons. The molecule has 2 rings (SSSR count). The summed E-state index contributed by atoms with van der Waals surface area (Å²) in [6.45, 7) is 2.15. The fourth-order valence-corrected chi connectivity index (χ4v) is 2.60. The van der Waals surface area contributed by atoms with Crippen molar-refractivity contribution in [3.63, 3.8) is 0 Å². The first kappa shape index (κ1) is 21.3. The number of para-hydroxylation sites is 1. The number of hydrogen-bond acceptors (Lipinski definition) is 3. The van der Waals surface area contributed by atoms with Gasteiger partial charge in [0.15, 0.2) is 0 Å². The van der Waals surface area contributed by atoms with Gasteiger partial charge in [-0.05, 0) is 30.3 Å². The Morgan fingerprint density at radius 3 is 2.29 bits per heavy atom. The molecule has 0 aliphatic rings. The molecule has 28 heavy (non-hydrogen) atoms. The summed E-state index contributed by atoms with van der Waals surface area (Å²) in [7, 11) is 1.54. The zero-order valence-electron chi connectivity index (χ0n) is 15.5. The third-order valence-electron chi connectivity index (χ3n) is 4.14. The summed E-state index contributed by atoms with van der Waals surface area (Å²) in [6, 6.07) is 11.3. The fraction of sp³-hybridized carbons (Fsp3) is 0.300. The molecule has 0 unspecified atom stereocenters. The van der Waals surface area contributed by atoms with E-state index in [0.29, 0.717) is 12.3 Å². The molecule has 5 nitrogen and oxygen atoms in total. The van der Waals surface area contributed by atoms with Crippen LogP contribution in [0.2, 0.25) is 0 Å². The minimum atomic E-state index is -4.45. The van der Waals surface area contributed by atoms with Crippen molar-refractivity contribution in [2.24, 2.45) is 0 Å². The number of carbonyl (C=O) groups excluding carboxylic acids is 2. The number of nitrogens with one attached hydrogen (secondary N) is 1. The molecule has 2 aromatic carbocycles. The van der Waals surface area contributed by atoms with Crippen LogP contribution in [-0.2, 0) is 17.5 Å². The molecular formula is C20H21F3N2O3. The summed E-state index contributed by atoms with van der Waals surface area (Å²) < 4.78 is 43.0. The zero-order chi connectivity index (χ0) is 20.7. The smallest absolute Gasteiger partial charge is 0.416 e. The van der Waals surface area contributed by atoms with Gasteiger partial charge in [0.25, 0.3) is 5.91 Å². The number of halogens is 3. The number of methoxy groups -OCH3 is 1. The number of hydrogen-bond donors (Lipinski definition) is 1. The Bertz CT molecular complexity index is 820. The highest BCUT2D eigenvalue weighted by Gasteiger charge is 2.30. The molecule has 150 valence electrons. The monoisotopic (exact) mass is 394 g/mol. The Labute approximate surface area is 161 Å². The molecular weight excluding hydrogens is 373 g/mol. The highest BCUT2D eigenvalue weighted by atomic mass is 19.4. The third kappa shape index (κ3) is 5.73. The van der Waals surface area contributed by atoms with Crippen LogP contribution in [0.1, 0.15) is 28.4 Å². The maximum absolute atomic E-state index is 12.6. The van der Waals surface area contributed by atoms with Gasteiger partial charge < -0.3 is 15.0 Å². The summed E-state index contributed by atoms with van der Waals surface area (Å²) >= 11 is 0. The van der Waals surface area contributed by atoms with Crippen LogP contribution >= 0.6 is 0 Å². The van der Waals surface area contributed by atoms with E-state index in [1.54, 1.807) is 18.1 Å². The van der Waals surface area contributed by atoms with Gasteiger partial charge in [-0.2, -0.15) is 13.2 Å². The van der Waals surface area contributed by atoms with Crippen LogP contribution in [0.4, 0.5) is 13.2 Å². The maximum Gasteiger partial charge on any atom is 0.416 e. The van der Waals surface area contributed by atoms with Crippen LogP contribution in [-0.4, -0.2) is 36.9 Å². The molecule has 0 aliphatic heterocycles. The molecule has 0 spiro atoms. The SMILES string of the molecule is COc1ccccc1CN(CCNC(=O)c1ccc(C(F)(F)F)cc1)C(C)=O. The Kier molecular flexibility index (Phi) is 7.03. The lowest BCUT2D eigenvalue weighted by atomic mass is 10.1. The molecule has 0 aliphatic carbocycles. The average Bonchev–Trinajstić information content (AvgIpc) is 2.66. The van der Waals surface area contributed by atoms with Crippen LogP contribution in [0.5, 0.6) is 5.75 Å². The first-order chi connectivity index (χ1) is 13.2. The standard InChI is InChI=1S/C20H21F3N2O3/c1-14(26)25(13-16-5-3-4-6-18(16)28-2)12-11-24-19(27)15-7-9-17(10-8-15)20(21,22)23/h3-10H,11-13H2,1-2H3,(H,24,27). The normalized spacial score (nSPS) is 11.0. The average molecular weight is 394 g/mol. The molecule has 0 heterocycles. The highest BCUT2D eigenvalue weighted by Crippen LogP contribution is 2.29. The molecule has 0 saturated carbocycles. The highest BCUT2D eigenvalue weighted by molar-refractivity contribution is 5.94. The predicted octanol–water partition coefficient (Wildman–Crippen LogP) is 3.49. The number of ether oxygens (including phenoxy) is 1. The van der Waals surface area contributed by atoms with Crippen molar-refractivity contribution in [3.8, 4) is 5.75 Å². The molecule has 8 heteroatoms. The van der Waals surface area contributed by atoms with E-state index in [1.807, 2.05) is 18.2 Å². The van der Waals surface area contributed by atoms with E-state index in [2.05, 4.69) is 5.32 Å². The van der Waals surface area contributed by atoms with Crippen LogP contribution in [0.15, 0.2) is 48.5 Å². The number of alkyl halides is 3. The number of amides is 2. The first-order valence-electron chi connectivity index (χ1n) is 8.55. The van der Waals surface area contributed by atoms with E-state index >= 15 is 0 Å². The quantitative estimate of drug-likeness (QED) is 0.782. The summed E-state index contributed by atoms with van der Waals surface area (Å²) in [6.07, 6.45) is -4.45. The van der Waals surface area contributed by atoms with Crippen LogP contribution in [0.3, 0.4) is 0 Å². The molecule has 0 bridgehead atoms. The maximum atomic E-state index is 12.6. The van der Waals surface area contributed by atoms with E-state index < -0.39 is 17.6 Å². The lowest BCUT2D eigenvalue weighted by Crippen LogP contribution is -2.37. The summed E-state index contributed by atoms with van der Waals surface area (Å²) in [4.78, 5) is 25.5. The second-order valence-electron chi connectivity index (χ2n) is 6.08. The minimum Gasteiger partial charge on any atom is -0.496 e. The van der Waals surface area contributed by atoms with Gasteiger partial charge in [-0.25, -0.2) is 0 Å². The molecule has 0 fully saturated rings. The first-order valence-corrected chi connectivity index (χ1v) is 8.55. The van der Waals surface area contributed by atoms with Gasteiger partial charge in [-0.1, -0.05) is 18.2 Å². The Morgan fingerprint density at radius 1 is 1.07 bits per heavy atom. The van der Waals surface area contributed by atoms with Crippen LogP contribution in [0, 0.1) is 0 Å². The van der Waals surface area contributed by atoms with Gasteiger partial charge in [0.05, 0.1) is 12.7 Å². The van der Waals surface area contributed by atoms with E-state index in [-0.39, 0.29) is 24.6 Å². The van der Waals surface area contributed by atoms with Crippen molar-refractivity contribution in [2.75, 3.05) is 20.2 Å². The van der Waals surface area contributed by atoms with Crippen molar-refractivity contribution in [1.29, 1.82) is 0 Å². The van der Waals surface area contributed by atoms with Crippen molar-refractivity contribution in [2.45, 2.75) is 19.6 Å². The molecule has 0 aromatic heterocycles. The summed E-state index contributed by atoms with van der Waals surface area (Å²) in [5, 5.41) is 2.61. The Hall–Kier alpha value is -3.03. The number of nitrogens with zero attached hydrogens (tertiary/aromatic N) is 1. The Balaban J connectivity index is 1.93. The van der Waals surface area contributed by atoms with Gasteiger partial charge in [-0.3, -0.25) is 9.59 Å². The molecule has 1 N–H and O–H groups in total. The molecule has 0 atom stereocenters. The van der Waals surface area contributed by atoms with E-state index in [9.17, 15) is 22.8 Å². The second-order valence-corrected chi connectivity index (χ2v) is 6.08. The number of benzene rings is 2. The summed E-state index contributed by atoms with van der Waals surface area (Å²) in [5.74, 6) is -0.0215. The predicted molar refractivity (Wildman–Crippen MR) is 97.9 cm³/mol. The van der Waals surface area contributed by atoms with Crippen molar-refractivity contribution in [3.05, 3.63) is 65.2 Å². The third-order valence-corrected chi connectivity index (χ3v) is 4.14. The topological polar surface area (TPSA) is 58.6 Å². The number of carbonyl (C=O) groups is 2. The fourth-order valence-electron chi connectivity index (χ4n) is 2.60. The molecule has 0 saturated heterocycles. The van der Waals surface area contributed by atoms with E-state index in [0.717, 1.165) is 29.8 Å². The zero-order valence-corrected chi connectivity index (χ0v) is 15.5. The van der Waals surface area contributed by atoms with Crippen molar-refractivity contribution in [1.82, 2.24) is 10.2 Å². The van der Waals surface area contributed by atoms with Crippen LogP contribution in [0.25, 0.3) is 0 Å². The lowest BCUT2D eigenvalue weighted by Gasteiger charge is -2.22. The van der Waals surface area contributed by atoms with Gasteiger partial charge in [0.2, 0.25) is 5.91 Å². The van der Waals surface area contributed by atoms with E-state index in [1.165, 1.54) is 6.92 Å². The van der Waals surface area contributed by atoms with Gasteiger partial charge in [-0.15, -0.1) is 0 Å². The Morgan fingerprint density at radius 2 is 1.71 bits per heavy atom. The van der Waals surface area contributed by atoms with E-state index in [4.69, 9.17) is 4.74 Å². The van der Waals surface area contributed by atoms with Crippen LogP contribution < -0.4 is 10.1 Å².